The summed E-state index contributed by atoms with van der Waals surface area (Å²) in [7, 11) is 0. The number of aliphatic hydroxyl groups is 1. The van der Waals surface area contributed by atoms with Crippen LogP contribution in [0.4, 0.5) is 0 Å². The molecule has 19 heavy (non-hydrogen) atoms. The van der Waals surface area contributed by atoms with E-state index >= 15 is 0 Å². The minimum absolute atomic E-state index is 0.0964. The van der Waals surface area contributed by atoms with Crippen LogP contribution >= 0.6 is 0 Å². The Kier molecular flexibility index (Phi) is 3.69. The molecule has 3 aliphatic rings. The second-order valence-electron chi connectivity index (χ2n) is 7.36. The van der Waals surface area contributed by atoms with Crippen molar-refractivity contribution in [1.82, 2.24) is 4.90 Å². The Hall–Kier alpha value is -0.410. The van der Waals surface area contributed by atoms with Gasteiger partial charge in [-0.15, -0.1) is 0 Å². The van der Waals surface area contributed by atoms with E-state index in [-0.39, 0.29) is 11.5 Å². The third kappa shape index (κ3) is 2.59. The summed E-state index contributed by atoms with van der Waals surface area (Å²) in [5, 5.41) is 9.88. The van der Waals surface area contributed by atoms with Crippen molar-refractivity contribution in [1.29, 1.82) is 0 Å². The van der Waals surface area contributed by atoms with Gasteiger partial charge in [-0.05, 0) is 44.4 Å². The average molecular weight is 265 g/mol. The zero-order chi connectivity index (χ0) is 13.5. The maximum Gasteiger partial charge on any atom is 0.127 e. The smallest absolute Gasteiger partial charge is 0.127 e. The molecule has 1 N–H and O–H groups in total. The molecule has 2 bridgehead atoms. The van der Waals surface area contributed by atoms with Gasteiger partial charge in [-0.3, -0.25) is 4.90 Å². The van der Waals surface area contributed by atoms with Crippen molar-refractivity contribution < 1.29 is 9.90 Å². The lowest BCUT2D eigenvalue weighted by molar-refractivity contribution is -0.121. The van der Waals surface area contributed by atoms with Crippen LogP contribution in [0.25, 0.3) is 0 Å². The number of aliphatic hydroxyl groups excluding tert-OH is 1. The largest absolute Gasteiger partial charge is 0.393 e. The maximum atomic E-state index is 11.7. The van der Waals surface area contributed by atoms with Gasteiger partial charge in [0.05, 0.1) is 6.10 Å². The molecule has 0 aromatic carbocycles. The molecule has 2 aliphatic heterocycles. The van der Waals surface area contributed by atoms with Gasteiger partial charge in [-0.25, -0.2) is 0 Å². The highest BCUT2D eigenvalue weighted by Crippen LogP contribution is 2.43. The van der Waals surface area contributed by atoms with E-state index in [2.05, 4.69) is 11.8 Å². The monoisotopic (exact) mass is 265 g/mol. The van der Waals surface area contributed by atoms with Crippen molar-refractivity contribution in [2.75, 3.05) is 6.54 Å². The lowest BCUT2D eigenvalue weighted by atomic mass is 9.70. The van der Waals surface area contributed by atoms with Gasteiger partial charge >= 0.3 is 0 Å². The molecule has 1 aliphatic carbocycles. The number of nitrogens with zero attached hydrogens (tertiary/aromatic N) is 1. The number of hydrogen-bond donors (Lipinski definition) is 1. The first-order valence-corrected chi connectivity index (χ1v) is 8.02. The number of piperidine rings is 1. The second kappa shape index (κ2) is 5.17. The number of rotatable bonds is 3. The van der Waals surface area contributed by atoms with E-state index in [0.717, 1.165) is 32.2 Å². The molecule has 3 fully saturated rings. The number of hydrogen-bond acceptors (Lipinski definition) is 3. The Morgan fingerprint density at radius 3 is 2.53 bits per heavy atom. The van der Waals surface area contributed by atoms with E-state index in [4.69, 9.17) is 0 Å². The fourth-order valence-electron chi connectivity index (χ4n) is 4.86. The molecule has 3 heteroatoms. The molecule has 3 rings (SSSR count). The fraction of sp³-hybridized carbons (Fsp3) is 0.938. The SMILES string of the molecule is CC1CCCC(C=O)(CN2C3CCC2CC(O)C3)C1. The van der Waals surface area contributed by atoms with Crippen LogP contribution in [0, 0.1) is 11.3 Å². The van der Waals surface area contributed by atoms with Crippen molar-refractivity contribution >= 4 is 6.29 Å². The van der Waals surface area contributed by atoms with Gasteiger partial charge in [0.15, 0.2) is 0 Å². The fourth-order valence-corrected chi connectivity index (χ4v) is 4.86. The highest BCUT2D eigenvalue weighted by molar-refractivity contribution is 5.60. The van der Waals surface area contributed by atoms with E-state index in [1.165, 1.54) is 32.0 Å². The molecule has 2 saturated heterocycles. The molecular formula is C16H27NO2. The van der Waals surface area contributed by atoms with Crippen LogP contribution in [0.1, 0.15) is 58.3 Å². The van der Waals surface area contributed by atoms with Crippen LogP contribution < -0.4 is 0 Å². The number of fused-ring (bicyclic) bond motifs is 2. The molecule has 108 valence electrons. The third-order valence-corrected chi connectivity index (χ3v) is 5.73. The Balaban J connectivity index is 1.71. The molecule has 3 nitrogen and oxygen atoms in total. The molecule has 0 amide bonds. The quantitative estimate of drug-likeness (QED) is 0.796. The minimum Gasteiger partial charge on any atom is -0.393 e. The first-order chi connectivity index (χ1) is 9.12. The van der Waals surface area contributed by atoms with E-state index in [1.807, 2.05) is 0 Å². The van der Waals surface area contributed by atoms with Gasteiger partial charge in [0.2, 0.25) is 0 Å². The summed E-state index contributed by atoms with van der Waals surface area (Å²) in [6, 6.07) is 1.06. The van der Waals surface area contributed by atoms with E-state index in [9.17, 15) is 9.90 Å². The Morgan fingerprint density at radius 2 is 1.95 bits per heavy atom. The summed E-state index contributed by atoms with van der Waals surface area (Å²) < 4.78 is 0. The van der Waals surface area contributed by atoms with Crippen molar-refractivity contribution in [2.24, 2.45) is 11.3 Å². The molecule has 0 radical (unpaired) electrons. The lowest BCUT2D eigenvalue weighted by Gasteiger charge is -2.44. The predicted octanol–water partition coefficient (Wildman–Crippen LogP) is 2.37. The van der Waals surface area contributed by atoms with Gasteiger partial charge in [0.1, 0.15) is 6.29 Å². The topological polar surface area (TPSA) is 40.5 Å². The van der Waals surface area contributed by atoms with Crippen LogP contribution in [0.2, 0.25) is 0 Å². The Labute approximate surface area is 116 Å². The van der Waals surface area contributed by atoms with Crippen LogP contribution in [0.15, 0.2) is 0 Å². The molecule has 4 atom stereocenters. The molecule has 0 spiro atoms. The van der Waals surface area contributed by atoms with Crippen molar-refractivity contribution in [2.45, 2.75) is 76.5 Å². The number of carbonyl (C=O) groups is 1. The molecule has 4 unspecified atom stereocenters. The highest BCUT2D eigenvalue weighted by Gasteiger charge is 2.45. The summed E-state index contributed by atoms with van der Waals surface area (Å²) in [6.07, 6.45) is 10.0. The highest BCUT2D eigenvalue weighted by atomic mass is 16.3. The summed E-state index contributed by atoms with van der Waals surface area (Å²) in [5.74, 6) is 0.687. The van der Waals surface area contributed by atoms with E-state index < -0.39 is 0 Å². The van der Waals surface area contributed by atoms with Crippen molar-refractivity contribution in [3.8, 4) is 0 Å². The zero-order valence-electron chi connectivity index (χ0n) is 12.1. The molecule has 0 aromatic rings. The minimum atomic E-state index is -0.105. The van der Waals surface area contributed by atoms with Gasteiger partial charge in [-0.2, -0.15) is 0 Å². The van der Waals surface area contributed by atoms with E-state index in [1.54, 1.807) is 0 Å². The number of aldehydes is 1. The second-order valence-corrected chi connectivity index (χ2v) is 7.36. The number of carbonyl (C=O) groups excluding carboxylic acids is 1. The molecule has 2 heterocycles. The molecular weight excluding hydrogens is 238 g/mol. The van der Waals surface area contributed by atoms with Crippen LogP contribution in [0.3, 0.4) is 0 Å². The van der Waals surface area contributed by atoms with Crippen LogP contribution in [-0.4, -0.2) is 41.0 Å². The van der Waals surface area contributed by atoms with Gasteiger partial charge in [0, 0.05) is 24.0 Å². The normalized spacial score (nSPS) is 47.3. The average Bonchev–Trinajstić information content (AvgIpc) is 2.61. The van der Waals surface area contributed by atoms with Gasteiger partial charge in [0.25, 0.3) is 0 Å². The summed E-state index contributed by atoms with van der Waals surface area (Å²) in [4.78, 5) is 14.3. The maximum absolute atomic E-state index is 11.7. The van der Waals surface area contributed by atoms with Gasteiger partial charge in [-0.1, -0.05) is 19.8 Å². The van der Waals surface area contributed by atoms with Crippen molar-refractivity contribution in [3.05, 3.63) is 0 Å². The van der Waals surface area contributed by atoms with Crippen LogP contribution in [-0.2, 0) is 4.79 Å². The first kappa shape index (κ1) is 13.6. The van der Waals surface area contributed by atoms with Crippen molar-refractivity contribution in [3.63, 3.8) is 0 Å². The Bertz CT molecular complexity index is 332. The first-order valence-electron chi connectivity index (χ1n) is 8.02. The summed E-state index contributed by atoms with van der Waals surface area (Å²) >= 11 is 0. The summed E-state index contributed by atoms with van der Waals surface area (Å²) in [5.41, 5.74) is -0.0964. The van der Waals surface area contributed by atoms with Crippen LogP contribution in [0.5, 0.6) is 0 Å². The standard InChI is InChI=1S/C16H27NO2/c1-12-3-2-6-16(9-12,11-18)10-17-13-4-5-14(17)8-15(19)7-13/h11-15,19H,2-10H2,1H3. The zero-order valence-corrected chi connectivity index (χ0v) is 12.1. The van der Waals surface area contributed by atoms with Gasteiger partial charge < -0.3 is 9.90 Å². The molecule has 0 aromatic heterocycles. The Morgan fingerprint density at radius 1 is 1.26 bits per heavy atom. The van der Waals surface area contributed by atoms with E-state index in [0.29, 0.717) is 18.0 Å². The summed E-state index contributed by atoms with van der Waals surface area (Å²) in [6.45, 7) is 3.23. The third-order valence-electron chi connectivity index (χ3n) is 5.73. The predicted molar refractivity (Wildman–Crippen MR) is 74.9 cm³/mol. The molecule has 1 saturated carbocycles. The lowest BCUT2D eigenvalue weighted by Crippen LogP contribution is -2.51.